The Morgan fingerprint density at radius 1 is 1.00 bits per heavy atom. The van der Waals surface area contributed by atoms with Crippen molar-refractivity contribution in [1.29, 1.82) is 0 Å². The van der Waals surface area contributed by atoms with Crippen LogP contribution in [0.3, 0.4) is 0 Å². The molecule has 0 spiro atoms. The maximum absolute atomic E-state index is 11.3. The maximum Gasteiger partial charge on any atom is 0.220 e. The number of piperidine rings is 1. The molecule has 1 unspecified atom stereocenters. The number of amides is 1. The largest absolute Gasteiger partial charge is 0.497 e. The van der Waals surface area contributed by atoms with Gasteiger partial charge in [-0.2, -0.15) is 0 Å². The number of methoxy groups -OCH3 is 2. The predicted octanol–water partition coefficient (Wildman–Crippen LogP) is 2.37. The van der Waals surface area contributed by atoms with Crippen LogP contribution in [0.5, 0.6) is 11.5 Å². The molecular weight excluding hydrogens is 396 g/mol. The molecule has 3 N–H and O–H groups in total. The zero-order valence-corrected chi connectivity index (χ0v) is 18.2. The summed E-state index contributed by atoms with van der Waals surface area (Å²) in [6.07, 6.45) is 0.517. The van der Waals surface area contributed by atoms with Crippen LogP contribution in [-0.2, 0) is 9.53 Å². The molecule has 1 saturated heterocycles. The lowest BCUT2D eigenvalue weighted by Crippen LogP contribution is -2.42. The molecule has 1 fully saturated rings. The van der Waals surface area contributed by atoms with Gasteiger partial charge in [-0.3, -0.25) is 4.79 Å². The van der Waals surface area contributed by atoms with Crippen molar-refractivity contribution in [3.8, 4) is 11.5 Å². The summed E-state index contributed by atoms with van der Waals surface area (Å²) in [5.41, 5.74) is 7.34. The molecule has 0 radical (unpaired) electrons. The fourth-order valence-corrected chi connectivity index (χ4v) is 3.90. The molecule has 168 valence electrons. The van der Waals surface area contributed by atoms with E-state index in [2.05, 4.69) is 4.90 Å². The fourth-order valence-electron chi connectivity index (χ4n) is 3.90. The fraction of sp³-hybridized carbons (Fsp3) is 0.458. The zero-order valence-electron chi connectivity index (χ0n) is 18.2. The Morgan fingerprint density at radius 2 is 1.48 bits per heavy atom. The predicted molar refractivity (Wildman–Crippen MR) is 118 cm³/mol. The molecule has 0 saturated carbocycles. The maximum atomic E-state index is 11.3. The van der Waals surface area contributed by atoms with Crippen molar-refractivity contribution in [2.24, 2.45) is 11.7 Å². The molecule has 1 aliphatic rings. The van der Waals surface area contributed by atoms with Crippen molar-refractivity contribution in [2.75, 3.05) is 40.5 Å². The number of hydrogen-bond donors (Lipinski definition) is 2. The van der Waals surface area contributed by atoms with E-state index in [1.165, 1.54) is 0 Å². The van der Waals surface area contributed by atoms with Crippen molar-refractivity contribution >= 4 is 5.91 Å². The Bertz CT molecular complexity index is 769. The summed E-state index contributed by atoms with van der Waals surface area (Å²) < 4.78 is 16.7. The normalized spacial score (nSPS) is 16.3. The van der Waals surface area contributed by atoms with Crippen LogP contribution in [0.15, 0.2) is 48.5 Å². The number of hydrogen-bond acceptors (Lipinski definition) is 6. The minimum atomic E-state index is -0.635. The third-order valence-corrected chi connectivity index (χ3v) is 5.75. The SMILES string of the molecule is COc1ccc(C(OCC(O)CN2CCC(C(N)=O)CC2)c2ccc(OC)cc2)cc1. The number of carbonyl (C=O) groups is 1. The first kappa shape index (κ1) is 23.1. The van der Waals surface area contributed by atoms with E-state index in [9.17, 15) is 9.90 Å². The molecule has 1 heterocycles. The first-order valence-electron chi connectivity index (χ1n) is 10.6. The number of primary amides is 1. The third kappa shape index (κ3) is 6.43. The van der Waals surface area contributed by atoms with Gasteiger partial charge >= 0.3 is 0 Å². The van der Waals surface area contributed by atoms with Crippen molar-refractivity contribution in [3.63, 3.8) is 0 Å². The third-order valence-electron chi connectivity index (χ3n) is 5.75. The summed E-state index contributed by atoms with van der Waals surface area (Å²) >= 11 is 0. The summed E-state index contributed by atoms with van der Waals surface area (Å²) in [6.45, 7) is 2.21. The van der Waals surface area contributed by atoms with E-state index in [1.54, 1.807) is 14.2 Å². The Hall–Kier alpha value is -2.61. The summed E-state index contributed by atoms with van der Waals surface area (Å²) in [5, 5.41) is 10.6. The smallest absolute Gasteiger partial charge is 0.220 e. The molecule has 1 atom stereocenters. The van der Waals surface area contributed by atoms with Crippen molar-refractivity contribution in [2.45, 2.75) is 25.0 Å². The molecule has 0 aliphatic carbocycles. The molecule has 0 bridgehead atoms. The van der Waals surface area contributed by atoms with Gasteiger partial charge in [-0.05, 0) is 61.3 Å². The van der Waals surface area contributed by atoms with Gasteiger partial charge in [0.1, 0.15) is 17.6 Å². The first-order chi connectivity index (χ1) is 15.0. The van der Waals surface area contributed by atoms with Crippen LogP contribution in [0.1, 0.15) is 30.1 Å². The lowest BCUT2D eigenvalue weighted by Gasteiger charge is -2.32. The molecule has 1 aliphatic heterocycles. The number of nitrogens with zero attached hydrogens (tertiary/aromatic N) is 1. The standard InChI is InChI=1S/C24H32N2O5/c1-29-21-7-3-17(4-8-21)23(18-5-9-22(30-2)10-6-18)31-16-20(27)15-26-13-11-19(12-14-26)24(25)28/h3-10,19-20,23,27H,11-16H2,1-2H3,(H2,25,28). The van der Waals surface area contributed by atoms with Gasteiger partial charge in [-0.15, -0.1) is 0 Å². The van der Waals surface area contributed by atoms with Crippen LogP contribution >= 0.6 is 0 Å². The van der Waals surface area contributed by atoms with Gasteiger partial charge in [-0.25, -0.2) is 0 Å². The topological polar surface area (TPSA) is 94.3 Å². The number of likely N-dealkylation sites (tertiary alicyclic amines) is 1. The summed E-state index contributed by atoms with van der Waals surface area (Å²) in [5.74, 6) is 1.26. The van der Waals surface area contributed by atoms with E-state index < -0.39 is 6.10 Å². The van der Waals surface area contributed by atoms with Crippen LogP contribution in [0, 0.1) is 5.92 Å². The summed E-state index contributed by atoms with van der Waals surface area (Å²) in [4.78, 5) is 13.5. The van der Waals surface area contributed by atoms with Gasteiger partial charge in [0.25, 0.3) is 0 Å². The average Bonchev–Trinajstić information content (AvgIpc) is 2.80. The number of ether oxygens (including phenoxy) is 3. The van der Waals surface area contributed by atoms with Gasteiger partial charge in [0.2, 0.25) is 5.91 Å². The van der Waals surface area contributed by atoms with Crippen molar-refractivity contribution in [3.05, 3.63) is 59.7 Å². The molecule has 1 amide bonds. The molecule has 31 heavy (non-hydrogen) atoms. The number of aliphatic hydroxyl groups is 1. The number of aliphatic hydroxyl groups excluding tert-OH is 1. The minimum Gasteiger partial charge on any atom is -0.497 e. The van der Waals surface area contributed by atoms with E-state index in [4.69, 9.17) is 19.9 Å². The van der Waals surface area contributed by atoms with Crippen LogP contribution in [-0.4, -0.2) is 62.5 Å². The van der Waals surface area contributed by atoms with E-state index >= 15 is 0 Å². The number of carbonyl (C=O) groups excluding carboxylic acids is 1. The van der Waals surface area contributed by atoms with E-state index in [1.807, 2.05) is 48.5 Å². The number of β-amino-alcohol motifs (C(OH)–C–C–N with tert-alkyl or cyclic N) is 1. The second-order valence-corrected chi connectivity index (χ2v) is 7.89. The summed E-state index contributed by atoms with van der Waals surface area (Å²) in [6, 6.07) is 15.5. The van der Waals surface area contributed by atoms with Gasteiger partial charge in [0.15, 0.2) is 0 Å². The highest BCUT2D eigenvalue weighted by atomic mass is 16.5. The lowest BCUT2D eigenvalue weighted by molar-refractivity contribution is -0.123. The van der Waals surface area contributed by atoms with E-state index in [-0.39, 0.29) is 24.5 Å². The highest BCUT2D eigenvalue weighted by Gasteiger charge is 2.25. The van der Waals surface area contributed by atoms with Gasteiger partial charge in [0, 0.05) is 12.5 Å². The van der Waals surface area contributed by atoms with Crippen LogP contribution in [0.2, 0.25) is 0 Å². The monoisotopic (exact) mass is 428 g/mol. The molecule has 7 nitrogen and oxygen atoms in total. The second-order valence-electron chi connectivity index (χ2n) is 7.89. The highest BCUT2D eigenvalue weighted by Crippen LogP contribution is 2.29. The number of rotatable bonds is 10. The zero-order chi connectivity index (χ0) is 22.2. The number of nitrogens with two attached hydrogens (primary N) is 1. The van der Waals surface area contributed by atoms with Gasteiger partial charge in [0.05, 0.1) is 26.9 Å². The molecule has 0 aromatic heterocycles. The van der Waals surface area contributed by atoms with Crippen molar-refractivity contribution < 1.29 is 24.1 Å². The average molecular weight is 429 g/mol. The second kappa shape index (κ2) is 11.1. The minimum absolute atomic E-state index is 0.0563. The molecule has 7 heteroatoms. The Balaban J connectivity index is 1.63. The van der Waals surface area contributed by atoms with Crippen LogP contribution in [0.4, 0.5) is 0 Å². The Labute approximate surface area is 183 Å². The van der Waals surface area contributed by atoms with Crippen molar-refractivity contribution in [1.82, 2.24) is 4.90 Å². The molecule has 3 rings (SSSR count). The summed E-state index contributed by atoms with van der Waals surface area (Å²) in [7, 11) is 3.27. The van der Waals surface area contributed by atoms with Crippen LogP contribution in [0.25, 0.3) is 0 Å². The molecular formula is C24H32N2O5. The highest BCUT2D eigenvalue weighted by molar-refractivity contribution is 5.76. The molecule has 2 aromatic rings. The molecule has 2 aromatic carbocycles. The van der Waals surface area contributed by atoms with Gasteiger partial charge in [-0.1, -0.05) is 24.3 Å². The van der Waals surface area contributed by atoms with Crippen LogP contribution < -0.4 is 15.2 Å². The Kier molecular flexibility index (Phi) is 8.28. The quantitative estimate of drug-likeness (QED) is 0.603. The lowest BCUT2D eigenvalue weighted by atomic mass is 9.96. The first-order valence-corrected chi connectivity index (χ1v) is 10.6. The van der Waals surface area contributed by atoms with E-state index in [0.717, 1.165) is 48.6 Å². The van der Waals surface area contributed by atoms with Gasteiger partial charge < -0.3 is 30.0 Å². The number of benzene rings is 2. The Morgan fingerprint density at radius 3 is 1.90 bits per heavy atom. The van der Waals surface area contributed by atoms with E-state index in [0.29, 0.717) is 6.54 Å².